The molecule has 3 aromatic rings. The monoisotopic (exact) mass is 326 g/mol. The van der Waals surface area contributed by atoms with Crippen LogP contribution >= 0.6 is 23.1 Å². The highest BCUT2D eigenvalue weighted by atomic mass is 32.2. The predicted molar refractivity (Wildman–Crippen MR) is 92.3 cm³/mol. The van der Waals surface area contributed by atoms with Gasteiger partial charge in [0, 0.05) is 4.90 Å². The summed E-state index contributed by atoms with van der Waals surface area (Å²) < 4.78 is 1.92. The number of nitrogens with one attached hydrogen (secondary N) is 1. The van der Waals surface area contributed by atoms with Crippen molar-refractivity contribution in [2.45, 2.75) is 10.9 Å². The second-order valence-electron chi connectivity index (χ2n) is 4.93. The second-order valence-corrected chi connectivity index (χ2v) is 6.76. The summed E-state index contributed by atoms with van der Waals surface area (Å²) >= 11 is 3.47. The van der Waals surface area contributed by atoms with Gasteiger partial charge in [-0.15, -0.1) is 23.1 Å². The summed E-state index contributed by atoms with van der Waals surface area (Å²) in [5.41, 5.74) is 2.30. The van der Waals surface area contributed by atoms with E-state index in [0.717, 1.165) is 11.6 Å². The van der Waals surface area contributed by atoms with E-state index in [1.807, 2.05) is 4.68 Å². The van der Waals surface area contributed by atoms with Crippen molar-refractivity contribution < 1.29 is 0 Å². The third kappa shape index (κ3) is 2.34. The van der Waals surface area contributed by atoms with Crippen LogP contribution in [0, 0.1) is 0 Å². The summed E-state index contributed by atoms with van der Waals surface area (Å²) in [7, 11) is 0. The van der Waals surface area contributed by atoms with Crippen molar-refractivity contribution in [3.8, 4) is 0 Å². The van der Waals surface area contributed by atoms with Crippen LogP contribution in [0.1, 0.15) is 16.5 Å². The number of thioether (sulfide) groups is 1. The summed E-state index contributed by atoms with van der Waals surface area (Å²) in [4.78, 5) is 6.80. The van der Waals surface area contributed by atoms with Crippen LogP contribution in [0.25, 0.3) is 5.70 Å². The van der Waals surface area contributed by atoms with Crippen LogP contribution < -0.4 is 5.32 Å². The number of thiophene rings is 1. The fraction of sp³-hybridized carbons (Fsp3) is 0.125. The molecule has 6 heteroatoms. The first-order valence-electron chi connectivity index (χ1n) is 6.91. The van der Waals surface area contributed by atoms with Crippen LogP contribution in [0.3, 0.4) is 0 Å². The van der Waals surface area contributed by atoms with Crippen LogP contribution in [0.15, 0.2) is 59.1 Å². The van der Waals surface area contributed by atoms with Gasteiger partial charge in [-0.05, 0) is 41.5 Å². The summed E-state index contributed by atoms with van der Waals surface area (Å²) in [6.07, 6.45) is 5.89. The van der Waals surface area contributed by atoms with Gasteiger partial charge in [0.05, 0.1) is 10.6 Å². The zero-order valence-corrected chi connectivity index (χ0v) is 13.6. The lowest BCUT2D eigenvalue weighted by atomic mass is 10.0. The highest BCUT2D eigenvalue weighted by molar-refractivity contribution is 7.98. The minimum Gasteiger partial charge on any atom is -0.323 e. The molecule has 110 valence electrons. The summed E-state index contributed by atoms with van der Waals surface area (Å²) in [6.45, 7) is 0. The van der Waals surface area contributed by atoms with Crippen LogP contribution in [0.4, 0.5) is 5.95 Å². The molecule has 0 fully saturated rings. The molecule has 3 heterocycles. The average Bonchev–Trinajstić information content (AvgIpc) is 3.25. The van der Waals surface area contributed by atoms with Crippen molar-refractivity contribution >= 4 is 34.7 Å². The van der Waals surface area contributed by atoms with Crippen molar-refractivity contribution in [2.75, 3.05) is 11.6 Å². The van der Waals surface area contributed by atoms with Crippen molar-refractivity contribution in [3.05, 3.63) is 64.6 Å². The van der Waals surface area contributed by atoms with Crippen LogP contribution in [0.5, 0.6) is 0 Å². The number of hydrogen-bond donors (Lipinski definition) is 1. The lowest BCUT2D eigenvalue weighted by molar-refractivity contribution is 0.611. The Bertz CT molecular complexity index is 803. The smallest absolute Gasteiger partial charge is 0.226 e. The Morgan fingerprint density at radius 2 is 2.09 bits per heavy atom. The van der Waals surface area contributed by atoms with Gasteiger partial charge < -0.3 is 5.32 Å². The van der Waals surface area contributed by atoms with Crippen molar-refractivity contribution in [3.63, 3.8) is 0 Å². The standard InChI is InChI=1S/C16H14N4S2/c1-21-12-6-4-11(5-7-12)14-9-13(15-3-2-8-22-15)19-16-17-10-18-20(14)16/h2-10,14H,1H3,(H,17,18,19). The topological polar surface area (TPSA) is 42.7 Å². The van der Waals surface area contributed by atoms with Gasteiger partial charge in [-0.25, -0.2) is 4.68 Å². The molecule has 1 aliphatic heterocycles. The van der Waals surface area contributed by atoms with Crippen molar-refractivity contribution in [2.24, 2.45) is 0 Å². The van der Waals surface area contributed by atoms with Crippen LogP contribution in [-0.2, 0) is 0 Å². The molecule has 1 aromatic carbocycles. The highest BCUT2D eigenvalue weighted by Gasteiger charge is 2.23. The van der Waals surface area contributed by atoms with E-state index >= 15 is 0 Å². The average molecular weight is 326 g/mol. The molecule has 1 atom stereocenters. The first-order chi connectivity index (χ1) is 10.8. The molecule has 4 nitrogen and oxygen atoms in total. The Kier molecular flexibility index (Phi) is 3.48. The molecule has 0 radical (unpaired) electrons. The third-order valence-corrected chi connectivity index (χ3v) is 5.30. The van der Waals surface area contributed by atoms with Gasteiger partial charge in [-0.2, -0.15) is 10.1 Å². The third-order valence-electron chi connectivity index (χ3n) is 3.65. The molecule has 1 N–H and O–H groups in total. The van der Waals surface area contributed by atoms with Gasteiger partial charge in [0.15, 0.2) is 0 Å². The number of rotatable bonds is 3. The molecule has 22 heavy (non-hydrogen) atoms. The molecule has 0 spiro atoms. The number of anilines is 1. The Hall–Kier alpha value is -2.05. The maximum Gasteiger partial charge on any atom is 0.226 e. The number of nitrogens with zero attached hydrogens (tertiary/aromatic N) is 3. The lowest BCUT2D eigenvalue weighted by Crippen LogP contribution is -2.19. The summed E-state index contributed by atoms with van der Waals surface area (Å²) in [5, 5.41) is 9.81. The molecule has 0 bridgehead atoms. The maximum atomic E-state index is 4.37. The number of fused-ring (bicyclic) bond motifs is 1. The minimum absolute atomic E-state index is 0.0618. The first kappa shape index (κ1) is 13.6. The van der Waals surface area contributed by atoms with Crippen LogP contribution in [0.2, 0.25) is 0 Å². The Morgan fingerprint density at radius 1 is 1.23 bits per heavy atom. The molecular formula is C16H14N4S2. The van der Waals surface area contributed by atoms with E-state index in [9.17, 15) is 0 Å². The van der Waals surface area contributed by atoms with Gasteiger partial charge >= 0.3 is 0 Å². The van der Waals surface area contributed by atoms with E-state index < -0.39 is 0 Å². The highest BCUT2D eigenvalue weighted by Crippen LogP contribution is 2.33. The van der Waals surface area contributed by atoms with E-state index in [1.165, 1.54) is 15.3 Å². The molecule has 0 saturated carbocycles. The van der Waals surface area contributed by atoms with E-state index in [4.69, 9.17) is 0 Å². The predicted octanol–water partition coefficient (Wildman–Crippen LogP) is 4.12. The summed E-state index contributed by atoms with van der Waals surface area (Å²) in [5.74, 6) is 0.782. The zero-order valence-electron chi connectivity index (χ0n) is 11.9. The Labute approximate surface area is 136 Å². The van der Waals surface area contributed by atoms with Gasteiger partial charge in [-0.1, -0.05) is 18.2 Å². The second kappa shape index (κ2) is 5.62. The normalized spacial score (nSPS) is 16.8. The summed E-state index contributed by atoms with van der Waals surface area (Å²) in [6, 6.07) is 12.9. The molecular weight excluding hydrogens is 312 g/mol. The quantitative estimate of drug-likeness (QED) is 0.735. The molecule has 2 aromatic heterocycles. The fourth-order valence-electron chi connectivity index (χ4n) is 2.55. The van der Waals surface area contributed by atoms with Gasteiger partial charge in [0.1, 0.15) is 12.4 Å². The molecule has 0 amide bonds. The maximum absolute atomic E-state index is 4.37. The Morgan fingerprint density at radius 3 is 2.82 bits per heavy atom. The zero-order chi connectivity index (χ0) is 14.9. The van der Waals surface area contributed by atoms with Gasteiger partial charge in [0.25, 0.3) is 0 Å². The molecule has 1 unspecified atom stereocenters. The largest absolute Gasteiger partial charge is 0.323 e. The number of hydrogen-bond acceptors (Lipinski definition) is 5. The van der Waals surface area contributed by atoms with Gasteiger partial charge in [-0.3, -0.25) is 0 Å². The number of benzene rings is 1. The molecule has 4 rings (SSSR count). The number of aromatic nitrogens is 3. The molecule has 1 aliphatic rings. The molecule has 0 aliphatic carbocycles. The lowest BCUT2D eigenvalue weighted by Gasteiger charge is -2.23. The van der Waals surface area contributed by atoms with Crippen molar-refractivity contribution in [1.82, 2.24) is 14.8 Å². The van der Waals surface area contributed by atoms with E-state index in [1.54, 1.807) is 29.4 Å². The van der Waals surface area contributed by atoms with E-state index in [-0.39, 0.29) is 6.04 Å². The van der Waals surface area contributed by atoms with Gasteiger partial charge in [0.2, 0.25) is 5.95 Å². The van der Waals surface area contributed by atoms with E-state index in [0.29, 0.717) is 0 Å². The minimum atomic E-state index is 0.0618. The fourth-order valence-corrected chi connectivity index (χ4v) is 3.66. The van der Waals surface area contributed by atoms with E-state index in [2.05, 4.69) is 69.5 Å². The molecule has 0 saturated heterocycles. The number of allylic oxidation sites excluding steroid dienone is 1. The SMILES string of the molecule is CSc1ccc(C2C=C(c3cccs3)Nc3ncnn32)cc1. The van der Waals surface area contributed by atoms with Crippen LogP contribution in [-0.4, -0.2) is 21.0 Å². The Balaban J connectivity index is 1.78. The first-order valence-corrected chi connectivity index (χ1v) is 9.02. The van der Waals surface area contributed by atoms with Crippen molar-refractivity contribution in [1.29, 1.82) is 0 Å².